The van der Waals surface area contributed by atoms with Gasteiger partial charge in [0.1, 0.15) is 0 Å². The fourth-order valence-corrected chi connectivity index (χ4v) is 8.88. The Balaban J connectivity index is 1.12. The number of fused-ring (bicyclic) bond motifs is 4. The zero-order chi connectivity index (χ0) is 37.6. The van der Waals surface area contributed by atoms with Crippen molar-refractivity contribution in [1.82, 2.24) is 0 Å². The molecule has 0 amide bonds. The molecule has 9 aromatic rings. The quantitative estimate of drug-likeness (QED) is 0.159. The van der Waals surface area contributed by atoms with E-state index >= 15 is 0 Å². The van der Waals surface area contributed by atoms with Crippen LogP contribution in [0.1, 0.15) is 25.0 Å². The van der Waals surface area contributed by atoms with Gasteiger partial charge in [-0.2, -0.15) is 0 Å². The van der Waals surface area contributed by atoms with Crippen LogP contribution in [0.15, 0.2) is 212 Å². The fraction of sp³-hybridized carbons (Fsp3) is 0.0545. The van der Waals surface area contributed by atoms with Gasteiger partial charge in [-0.05, 0) is 108 Å². The minimum Gasteiger partial charge on any atom is -0.310 e. The summed E-state index contributed by atoms with van der Waals surface area (Å²) in [6, 6.07) is 77.5. The van der Waals surface area contributed by atoms with Crippen LogP contribution >= 0.6 is 0 Å². The molecule has 0 saturated heterocycles. The molecule has 0 unspecified atom stereocenters. The lowest BCUT2D eigenvalue weighted by Crippen LogP contribution is -2.14. The number of anilines is 3. The highest BCUT2D eigenvalue weighted by Gasteiger charge is 2.37. The molecule has 0 radical (unpaired) electrons. The fourth-order valence-electron chi connectivity index (χ4n) is 8.88. The number of para-hydroxylation sites is 1. The van der Waals surface area contributed by atoms with Crippen LogP contribution in [-0.4, -0.2) is 0 Å². The van der Waals surface area contributed by atoms with Crippen molar-refractivity contribution in [2.24, 2.45) is 0 Å². The number of benzene rings is 9. The van der Waals surface area contributed by atoms with E-state index in [0.29, 0.717) is 0 Å². The van der Waals surface area contributed by atoms with E-state index in [9.17, 15) is 0 Å². The zero-order valence-electron chi connectivity index (χ0n) is 31.7. The summed E-state index contributed by atoms with van der Waals surface area (Å²) in [5, 5.41) is 2.51. The van der Waals surface area contributed by atoms with Crippen molar-refractivity contribution in [1.29, 1.82) is 0 Å². The van der Waals surface area contributed by atoms with Crippen LogP contribution < -0.4 is 4.90 Å². The van der Waals surface area contributed by atoms with E-state index in [2.05, 4.69) is 231 Å². The Morgan fingerprint density at radius 1 is 0.339 bits per heavy atom. The number of rotatable bonds is 7. The second-order valence-electron chi connectivity index (χ2n) is 15.3. The van der Waals surface area contributed by atoms with Gasteiger partial charge in [0.05, 0.1) is 5.69 Å². The molecular weight excluding hydrogens is 675 g/mol. The summed E-state index contributed by atoms with van der Waals surface area (Å²) in [4.78, 5) is 2.43. The predicted octanol–water partition coefficient (Wildman–Crippen LogP) is 15.3. The monoisotopic (exact) mass is 715 g/mol. The van der Waals surface area contributed by atoms with Crippen molar-refractivity contribution in [3.8, 4) is 55.6 Å². The standard InChI is InChI=1S/C55H41N/c1-55(2)51-26-10-8-23-50(51)54-49(25-14-27-52(54)55)48-22-9-11-28-53(48)56(45-35-31-41(32-36-45)47-24-13-18-40-17-6-7-21-46(40)47)44-33-29-39(30-34-44)43-20-12-19-42(37-43)38-15-4-3-5-16-38/h3-37H,1-2H3. The molecule has 0 aliphatic heterocycles. The Bertz CT molecular complexity index is 2860. The van der Waals surface area contributed by atoms with Gasteiger partial charge >= 0.3 is 0 Å². The van der Waals surface area contributed by atoms with Crippen molar-refractivity contribution >= 4 is 27.8 Å². The first-order chi connectivity index (χ1) is 27.5. The van der Waals surface area contributed by atoms with Gasteiger partial charge in [-0.3, -0.25) is 0 Å². The molecule has 0 N–H and O–H groups in total. The lowest BCUT2D eigenvalue weighted by atomic mass is 9.82. The molecule has 0 saturated carbocycles. The molecule has 0 fully saturated rings. The van der Waals surface area contributed by atoms with Crippen molar-refractivity contribution in [3.05, 3.63) is 223 Å². The summed E-state index contributed by atoms with van der Waals surface area (Å²) in [7, 11) is 0. The molecule has 0 bridgehead atoms. The summed E-state index contributed by atoms with van der Waals surface area (Å²) >= 11 is 0. The molecule has 1 aliphatic rings. The highest BCUT2D eigenvalue weighted by molar-refractivity contribution is 5.99. The third-order valence-corrected chi connectivity index (χ3v) is 11.7. The second kappa shape index (κ2) is 13.7. The van der Waals surface area contributed by atoms with Gasteiger partial charge in [0.2, 0.25) is 0 Å². The summed E-state index contributed by atoms with van der Waals surface area (Å²) in [5.41, 5.74) is 18.4. The molecular formula is C55H41N. The lowest BCUT2D eigenvalue weighted by Gasteiger charge is -2.29. The third kappa shape index (κ3) is 5.72. The van der Waals surface area contributed by atoms with E-state index in [-0.39, 0.29) is 5.41 Å². The van der Waals surface area contributed by atoms with Gasteiger partial charge in [0.25, 0.3) is 0 Å². The summed E-state index contributed by atoms with van der Waals surface area (Å²) < 4.78 is 0. The van der Waals surface area contributed by atoms with Crippen molar-refractivity contribution < 1.29 is 0 Å². The molecule has 1 aliphatic carbocycles. The average molecular weight is 716 g/mol. The van der Waals surface area contributed by atoms with Crippen molar-refractivity contribution in [3.63, 3.8) is 0 Å². The van der Waals surface area contributed by atoms with Crippen LogP contribution in [0, 0.1) is 0 Å². The maximum atomic E-state index is 2.43. The van der Waals surface area contributed by atoms with Crippen LogP contribution in [-0.2, 0) is 5.41 Å². The van der Waals surface area contributed by atoms with E-state index in [1.807, 2.05) is 0 Å². The Morgan fingerprint density at radius 3 is 1.61 bits per heavy atom. The molecule has 9 aromatic carbocycles. The van der Waals surface area contributed by atoms with E-state index in [0.717, 1.165) is 17.1 Å². The third-order valence-electron chi connectivity index (χ3n) is 11.7. The Kier molecular flexibility index (Phi) is 8.23. The van der Waals surface area contributed by atoms with Crippen LogP contribution in [0.25, 0.3) is 66.4 Å². The van der Waals surface area contributed by atoms with Gasteiger partial charge in [0.15, 0.2) is 0 Å². The summed E-state index contributed by atoms with van der Waals surface area (Å²) in [6.45, 7) is 4.71. The minimum atomic E-state index is -0.0817. The summed E-state index contributed by atoms with van der Waals surface area (Å²) in [6.07, 6.45) is 0. The summed E-state index contributed by atoms with van der Waals surface area (Å²) in [5.74, 6) is 0. The van der Waals surface area contributed by atoms with E-state index in [4.69, 9.17) is 0 Å². The largest absolute Gasteiger partial charge is 0.310 e. The normalized spacial score (nSPS) is 12.6. The zero-order valence-corrected chi connectivity index (χ0v) is 31.7. The number of hydrogen-bond donors (Lipinski definition) is 0. The molecule has 0 spiro atoms. The maximum Gasteiger partial charge on any atom is 0.0540 e. The molecule has 1 heteroatoms. The Labute approximate surface area is 329 Å². The van der Waals surface area contributed by atoms with Gasteiger partial charge in [-0.15, -0.1) is 0 Å². The first kappa shape index (κ1) is 33.6. The number of nitrogens with zero attached hydrogens (tertiary/aromatic N) is 1. The Hall–Kier alpha value is -6.96. The molecule has 0 aromatic heterocycles. The first-order valence-corrected chi connectivity index (χ1v) is 19.5. The molecule has 266 valence electrons. The second-order valence-corrected chi connectivity index (χ2v) is 15.3. The van der Waals surface area contributed by atoms with Gasteiger partial charge in [-0.25, -0.2) is 0 Å². The SMILES string of the molecule is CC1(C)c2ccccc2-c2c(-c3ccccc3N(c3ccc(-c4cccc(-c5ccccc5)c4)cc3)c3ccc(-c4cccc5ccccc45)cc3)cccc21. The molecule has 0 atom stereocenters. The van der Waals surface area contributed by atoms with Crippen LogP contribution in [0.2, 0.25) is 0 Å². The Morgan fingerprint density at radius 2 is 0.839 bits per heavy atom. The maximum absolute atomic E-state index is 2.43. The van der Waals surface area contributed by atoms with Gasteiger partial charge in [0, 0.05) is 22.4 Å². The predicted molar refractivity (Wildman–Crippen MR) is 238 cm³/mol. The minimum absolute atomic E-state index is 0.0817. The van der Waals surface area contributed by atoms with Crippen molar-refractivity contribution in [2.75, 3.05) is 4.90 Å². The smallest absolute Gasteiger partial charge is 0.0540 e. The van der Waals surface area contributed by atoms with E-state index in [1.165, 1.54) is 77.5 Å². The molecule has 1 nitrogen and oxygen atoms in total. The van der Waals surface area contributed by atoms with Crippen LogP contribution in [0.3, 0.4) is 0 Å². The van der Waals surface area contributed by atoms with Crippen LogP contribution in [0.5, 0.6) is 0 Å². The highest BCUT2D eigenvalue weighted by Crippen LogP contribution is 2.53. The average Bonchev–Trinajstić information content (AvgIpc) is 3.50. The van der Waals surface area contributed by atoms with Crippen LogP contribution in [0.4, 0.5) is 17.1 Å². The van der Waals surface area contributed by atoms with Gasteiger partial charge < -0.3 is 4.90 Å². The molecule has 56 heavy (non-hydrogen) atoms. The molecule has 10 rings (SSSR count). The first-order valence-electron chi connectivity index (χ1n) is 19.5. The van der Waals surface area contributed by atoms with E-state index in [1.54, 1.807) is 0 Å². The number of hydrogen-bond acceptors (Lipinski definition) is 1. The lowest BCUT2D eigenvalue weighted by molar-refractivity contribution is 0.660. The molecule has 0 heterocycles. The highest BCUT2D eigenvalue weighted by atomic mass is 15.1. The van der Waals surface area contributed by atoms with Crippen molar-refractivity contribution in [2.45, 2.75) is 19.3 Å². The topological polar surface area (TPSA) is 3.24 Å². The van der Waals surface area contributed by atoms with Gasteiger partial charge in [-0.1, -0.05) is 190 Å². The van der Waals surface area contributed by atoms with E-state index < -0.39 is 0 Å².